The summed E-state index contributed by atoms with van der Waals surface area (Å²) in [5, 5.41) is 10.5. The highest BCUT2D eigenvalue weighted by Crippen LogP contribution is 2.26. The van der Waals surface area contributed by atoms with E-state index in [0.29, 0.717) is 6.54 Å². The molecule has 0 unspecified atom stereocenters. The fourth-order valence-electron chi connectivity index (χ4n) is 3.82. The van der Waals surface area contributed by atoms with Gasteiger partial charge in [-0.25, -0.2) is 8.78 Å². The van der Waals surface area contributed by atoms with E-state index in [1.54, 1.807) is 24.3 Å². The zero-order valence-electron chi connectivity index (χ0n) is 16.3. The summed E-state index contributed by atoms with van der Waals surface area (Å²) in [6, 6.07) is 12.1. The highest BCUT2D eigenvalue weighted by atomic mass is 19.1. The Bertz CT molecular complexity index is 683. The topological polar surface area (TPSA) is 43.1 Å². The maximum absolute atomic E-state index is 13.3. The predicted octanol–water partition coefficient (Wildman–Crippen LogP) is 2.12. The van der Waals surface area contributed by atoms with Crippen molar-refractivity contribution in [3.05, 3.63) is 71.3 Å². The highest BCUT2D eigenvalue weighted by Gasteiger charge is 2.28. The lowest BCUT2D eigenvalue weighted by Crippen LogP contribution is -3.16. The Labute approximate surface area is 164 Å². The van der Waals surface area contributed by atoms with Crippen LogP contribution in [0.2, 0.25) is 0 Å². The predicted molar refractivity (Wildman–Crippen MR) is 102 cm³/mol. The molecule has 0 spiro atoms. The van der Waals surface area contributed by atoms with Gasteiger partial charge in [0.2, 0.25) is 0 Å². The summed E-state index contributed by atoms with van der Waals surface area (Å²) >= 11 is 0. The van der Waals surface area contributed by atoms with Gasteiger partial charge >= 0.3 is 0 Å². The number of hydrogen-bond donors (Lipinski definition) is 2. The van der Waals surface area contributed by atoms with Crippen LogP contribution in [-0.2, 0) is 9.47 Å². The number of halogens is 2. The zero-order valence-corrected chi connectivity index (χ0v) is 16.3. The molecular formula is C22H28F2NO3+. The average molecular weight is 392 g/mol. The van der Waals surface area contributed by atoms with E-state index in [0.717, 1.165) is 24.2 Å². The lowest BCUT2D eigenvalue weighted by molar-refractivity contribution is -0.918. The number of aliphatic hydroxyl groups is 1. The van der Waals surface area contributed by atoms with Gasteiger partial charge in [0.15, 0.2) is 0 Å². The van der Waals surface area contributed by atoms with Gasteiger partial charge < -0.3 is 19.5 Å². The Morgan fingerprint density at radius 1 is 0.964 bits per heavy atom. The molecule has 2 aromatic carbocycles. The second kappa shape index (κ2) is 9.56. The van der Waals surface area contributed by atoms with Crippen LogP contribution in [0.5, 0.6) is 0 Å². The first kappa shape index (κ1) is 20.9. The molecule has 1 saturated heterocycles. The summed E-state index contributed by atoms with van der Waals surface area (Å²) in [5.41, 5.74) is 1.50. The Balaban J connectivity index is 1.65. The van der Waals surface area contributed by atoms with Crippen LogP contribution < -0.4 is 4.90 Å². The van der Waals surface area contributed by atoms with Crippen molar-refractivity contribution < 1.29 is 28.3 Å². The van der Waals surface area contributed by atoms with Crippen LogP contribution in [-0.4, -0.2) is 49.7 Å². The molecule has 1 fully saturated rings. The second-order valence-electron chi connectivity index (χ2n) is 7.59. The molecule has 28 heavy (non-hydrogen) atoms. The molecule has 0 amide bonds. The molecule has 2 N–H and O–H groups in total. The number of benzene rings is 2. The van der Waals surface area contributed by atoms with E-state index < -0.39 is 12.2 Å². The van der Waals surface area contributed by atoms with Crippen LogP contribution in [0, 0.1) is 11.6 Å². The lowest BCUT2D eigenvalue weighted by Gasteiger charge is -2.33. The maximum atomic E-state index is 13.3. The van der Waals surface area contributed by atoms with Crippen molar-refractivity contribution in [1.82, 2.24) is 0 Å². The minimum absolute atomic E-state index is 0.131. The normalized spacial score (nSPS) is 23.7. The molecule has 3 atom stereocenters. The monoisotopic (exact) mass is 392 g/mol. The van der Waals surface area contributed by atoms with Crippen LogP contribution in [0.4, 0.5) is 8.78 Å². The van der Waals surface area contributed by atoms with Crippen LogP contribution in [0.3, 0.4) is 0 Å². The van der Waals surface area contributed by atoms with Crippen molar-refractivity contribution in [1.29, 1.82) is 0 Å². The molecule has 152 valence electrons. The molecule has 0 aromatic heterocycles. The number of nitrogens with one attached hydrogen (secondary N) is 1. The summed E-state index contributed by atoms with van der Waals surface area (Å²) < 4.78 is 38.3. The number of hydrogen-bond acceptors (Lipinski definition) is 3. The molecule has 1 aliphatic rings. The van der Waals surface area contributed by atoms with E-state index in [1.165, 1.54) is 29.2 Å². The first-order valence-electron chi connectivity index (χ1n) is 9.70. The minimum Gasteiger partial charge on any atom is -0.385 e. The molecule has 3 rings (SSSR count). The Hall–Kier alpha value is -1.86. The van der Waals surface area contributed by atoms with Gasteiger partial charge in [-0.3, -0.25) is 0 Å². The number of ether oxygens (including phenoxy) is 2. The fraction of sp³-hybridized carbons (Fsp3) is 0.455. The van der Waals surface area contributed by atoms with Crippen molar-refractivity contribution in [2.45, 2.75) is 38.3 Å². The van der Waals surface area contributed by atoms with Gasteiger partial charge in [-0.05, 0) is 49.2 Å². The second-order valence-corrected chi connectivity index (χ2v) is 7.59. The van der Waals surface area contributed by atoms with E-state index in [9.17, 15) is 13.9 Å². The fourth-order valence-corrected chi connectivity index (χ4v) is 3.82. The molecule has 1 aliphatic heterocycles. The number of rotatable bonds is 7. The van der Waals surface area contributed by atoms with E-state index in [1.807, 2.05) is 13.8 Å². The summed E-state index contributed by atoms with van der Waals surface area (Å²) in [7, 11) is 0. The molecule has 0 aliphatic carbocycles. The highest BCUT2D eigenvalue weighted by molar-refractivity contribution is 5.30. The van der Waals surface area contributed by atoms with Crippen molar-refractivity contribution in [2.24, 2.45) is 0 Å². The van der Waals surface area contributed by atoms with Crippen molar-refractivity contribution in [3.8, 4) is 0 Å². The molecule has 2 aromatic rings. The van der Waals surface area contributed by atoms with Crippen LogP contribution in [0.25, 0.3) is 0 Å². The van der Waals surface area contributed by atoms with E-state index in [2.05, 4.69) is 0 Å². The summed E-state index contributed by atoms with van der Waals surface area (Å²) in [5.74, 6) is -0.665. The van der Waals surface area contributed by atoms with Crippen LogP contribution >= 0.6 is 0 Å². The van der Waals surface area contributed by atoms with Crippen molar-refractivity contribution in [3.63, 3.8) is 0 Å². The summed E-state index contributed by atoms with van der Waals surface area (Å²) in [6.07, 6.45) is -0.819. The van der Waals surface area contributed by atoms with E-state index in [-0.39, 0.29) is 30.4 Å². The standard InChI is InChI=1S/C22H27F2NO3/c1-15-11-25(12-16(2)28-15)13-21(26)14-27-22(17-3-7-19(23)8-4-17)18-5-9-20(24)10-6-18/h3-10,15-16,21-22,26H,11-14H2,1-2H3/p+1/t15-,16-,21+/m1/s1. The summed E-state index contributed by atoms with van der Waals surface area (Å²) in [6.45, 7) is 6.47. The Kier molecular flexibility index (Phi) is 7.13. The van der Waals surface area contributed by atoms with Gasteiger partial charge in [-0.15, -0.1) is 0 Å². The Morgan fingerprint density at radius 3 is 1.89 bits per heavy atom. The van der Waals surface area contributed by atoms with Gasteiger partial charge in [0.1, 0.15) is 55.7 Å². The van der Waals surface area contributed by atoms with Crippen molar-refractivity contribution >= 4 is 0 Å². The summed E-state index contributed by atoms with van der Waals surface area (Å²) in [4.78, 5) is 1.28. The zero-order chi connectivity index (χ0) is 20.1. The van der Waals surface area contributed by atoms with Gasteiger partial charge in [0.25, 0.3) is 0 Å². The molecule has 0 radical (unpaired) electrons. The van der Waals surface area contributed by atoms with E-state index >= 15 is 0 Å². The average Bonchev–Trinajstić information content (AvgIpc) is 2.64. The quantitative estimate of drug-likeness (QED) is 0.759. The van der Waals surface area contributed by atoms with Gasteiger partial charge in [0, 0.05) is 0 Å². The largest absolute Gasteiger partial charge is 0.385 e. The van der Waals surface area contributed by atoms with Crippen LogP contribution in [0.15, 0.2) is 48.5 Å². The SMILES string of the molecule is C[C@@H]1C[NH+](C[C@H](O)COC(c2ccc(F)cc2)c2ccc(F)cc2)C[C@@H](C)O1. The number of quaternary nitrogens is 1. The van der Waals surface area contributed by atoms with Crippen LogP contribution in [0.1, 0.15) is 31.1 Å². The molecular weight excluding hydrogens is 364 g/mol. The molecule has 1 heterocycles. The van der Waals surface area contributed by atoms with Gasteiger partial charge in [0.05, 0.1) is 6.61 Å². The first-order chi connectivity index (χ1) is 13.4. The maximum Gasteiger partial charge on any atom is 0.126 e. The molecule has 6 heteroatoms. The lowest BCUT2D eigenvalue weighted by atomic mass is 10.0. The van der Waals surface area contributed by atoms with E-state index in [4.69, 9.17) is 9.47 Å². The minimum atomic E-state index is -0.643. The molecule has 4 nitrogen and oxygen atoms in total. The smallest absolute Gasteiger partial charge is 0.126 e. The Morgan fingerprint density at radius 2 is 1.43 bits per heavy atom. The van der Waals surface area contributed by atoms with Crippen molar-refractivity contribution in [2.75, 3.05) is 26.2 Å². The number of aliphatic hydroxyl groups excluding tert-OH is 1. The molecule has 0 saturated carbocycles. The first-order valence-corrected chi connectivity index (χ1v) is 9.70. The molecule has 0 bridgehead atoms. The third-order valence-corrected chi connectivity index (χ3v) is 4.94. The third-order valence-electron chi connectivity index (χ3n) is 4.94. The third kappa shape index (κ3) is 5.82. The van der Waals surface area contributed by atoms with Gasteiger partial charge in [-0.1, -0.05) is 24.3 Å². The number of morpholine rings is 1. The van der Waals surface area contributed by atoms with Gasteiger partial charge in [-0.2, -0.15) is 0 Å².